The molecule has 0 radical (unpaired) electrons. The molecule has 1 fully saturated rings. The number of rotatable bonds is 5. The van der Waals surface area contributed by atoms with E-state index in [4.69, 9.17) is 4.74 Å². The number of likely N-dealkylation sites (N-methyl/N-ethyl adjacent to an activating group) is 1. The van der Waals surface area contributed by atoms with Crippen LogP contribution in [0.25, 0.3) is 11.3 Å². The lowest BCUT2D eigenvalue weighted by Crippen LogP contribution is -2.37. The van der Waals surface area contributed by atoms with Crippen LogP contribution in [-0.2, 0) is 4.74 Å². The third-order valence-corrected chi connectivity index (χ3v) is 4.05. The molecule has 1 N–H and O–H groups in total. The molecule has 0 bridgehead atoms. The van der Waals surface area contributed by atoms with E-state index in [-0.39, 0.29) is 12.0 Å². The molecular formula is C17H21N3O2. The van der Waals surface area contributed by atoms with Gasteiger partial charge >= 0.3 is 0 Å². The normalized spacial score (nSPS) is 17.6. The van der Waals surface area contributed by atoms with Gasteiger partial charge in [-0.05, 0) is 19.8 Å². The second kappa shape index (κ2) is 6.75. The summed E-state index contributed by atoms with van der Waals surface area (Å²) in [5.74, 6) is 0.00519. The molecule has 1 aliphatic rings. The zero-order valence-corrected chi connectivity index (χ0v) is 12.8. The average Bonchev–Trinajstić information content (AvgIpc) is 3.24. The molecule has 1 aromatic heterocycles. The number of carbonyl (C=O) groups excluding carboxylic acids is 1. The van der Waals surface area contributed by atoms with Gasteiger partial charge in [-0.25, -0.2) is 0 Å². The van der Waals surface area contributed by atoms with E-state index in [1.165, 1.54) is 0 Å². The van der Waals surface area contributed by atoms with Crippen LogP contribution in [0.15, 0.2) is 36.5 Å². The summed E-state index contributed by atoms with van der Waals surface area (Å²) in [6.45, 7) is 4.11. The van der Waals surface area contributed by atoms with Gasteiger partial charge in [-0.15, -0.1) is 0 Å². The largest absolute Gasteiger partial charge is 0.376 e. The fraction of sp³-hybridized carbons (Fsp3) is 0.412. The van der Waals surface area contributed by atoms with Crippen molar-refractivity contribution < 1.29 is 9.53 Å². The summed E-state index contributed by atoms with van der Waals surface area (Å²) in [6.07, 6.45) is 3.89. The van der Waals surface area contributed by atoms with Crippen LogP contribution in [0.4, 0.5) is 0 Å². The van der Waals surface area contributed by atoms with Crippen molar-refractivity contribution in [3.05, 3.63) is 42.1 Å². The number of ether oxygens (including phenoxy) is 1. The second-order valence-corrected chi connectivity index (χ2v) is 5.50. The summed E-state index contributed by atoms with van der Waals surface area (Å²) in [5.41, 5.74) is 2.36. The molecule has 5 heteroatoms. The SMILES string of the molecule is CCN(C[C@@H]1CCCO1)C(=O)c1cn[nH]c1-c1ccccc1. The smallest absolute Gasteiger partial charge is 0.257 e. The molecule has 0 saturated carbocycles. The molecule has 1 amide bonds. The number of nitrogens with one attached hydrogen (secondary N) is 1. The second-order valence-electron chi connectivity index (χ2n) is 5.50. The van der Waals surface area contributed by atoms with Gasteiger partial charge in [0.15, 0.2) is 0 Å². The van der Waals surface area contributed by atoms with Crippen molar-refractivity contribution in [1.82, 2.24) is 15.1 Å². The van der Waals surface area contributed by atoms with Crippen molar-refractivity contribution in [1.29, 1.82) is 0 Å². The summed E-state index contributed by atoms with van der Waals surface area (Å²) in [5, 5.41) is 7.01. The minimum atomic E-state index is 0.00519. The molecule has 0 unspecified atom stereocenters. The number of aromatic amines is 1. The Balaban J connectivity index is 1.80. The van der Waals surface area contributed by atoms with Crippen LogP contribution in [0.2, 0.25) is 0 Å². The summed E-state index contributed by atoms with van der Waals surface area (Å²) >= 11 is 0. The third-order valence-electron chi connectivity index (χ3n) is 4.05. The van der Waals surface area contributed by atoms with Gasteiger partial charge in [-0.2, -0.15) is 5.10 Å². The van der Waals surface area contributed by atoms with E-state index in [2.05, 4.69) is 10.2 Å². The first-order chi connectivity index (χ1) is 10.8. The first-order valence-corrected chi connectivity index (χ1v) is 7.79. The molecule has 116 valence electrons. The zero-order chi connectivity index (χ0) is 15.4. The van der Waals surface area contributed by atoms with Crippen molar-refractivity contribution in [2.75, 3.05) is 19.7 Å². The monoisotopic (exact) mass is 299 g/mol. The molecule has 2 aromatic rings. The van der Waals surface area contributed by atoms with Crippen molar-refractivity contribution in [2.24, 2.45) is 0 Å². The summed E-state index contributed by atoms with van der Waals surface area (Å²) < 4.78 is 5.65. The van der Waals surface area contributed by atoms with Crippen molar-refractivity contribution in [3.63, 3.8) is 0 Å². The van der Waals surface area contributed by atoms with Crippen molar-refractivity contribution in [3.8, 4) is 11.3 Å². The van der Waals surface area contributed by atoms with E-state index < -0.39 is 0 Å². The standard InChI is InChI=1S/C17H21N3O2/c1-2-20(12-14-9-6-10-22-14)17(21)15-11-18-19-16(15)13-7-4-3-5-8-13/h3-5,7-8,11,14H,2,6,9-10,12H2,1H3,(H,18,19)/t14-/m0/s1. The molecule has 1 saturated heterocycles. The van der Waals surface area contributed by atoms with E-state index in [0.29, 0.717) is 18.7 Å². The van der Waals surface area contributed by atoms with E-state index in [1.54, 1.807) is 6.20 Å². The first kappa shape index (κ1) is 14.8. The third kappa shape index (κ3) is 3.04. The van der Waals surface area contributed by atoms with Crippen molar-refractivity contribution in [2.45, 2.75) is 25.9 Å². The highest BCUT2D eigenvalue weighted by Crippen LogP contribution is 2.23. The number of benzene rings is 1. The van der Waals surface area contributed by atoms with E-state index >= 15 is 0 Å². The number of carbonyl (C=O) groups is 1. The fourth-order valence-electron chi connectivity index (χ4n) is 2.83. The highest BCUT2D eigenvalue weighted by atomic mass is 16.5. The Labute approximate surface area is 130 Å². The van der Waals surface area contributed by atoms with Gasteiger partial charge in [0.1, 0.15) is 0 Å². The molecule has 1 aliphatic heterocycles. The zero-order valence-electron chi connectivity index (χ0n) is 12.8. The van der Waals surface area contributed by atoms with Gasteiger partial charge in [-0.1, -0.05) is 30.3 Å². The molecule has 3 rings (SSSR count). The number of hydrogen-bond acceptors (Lipinski definition) is 3. The Hall–Kier alpha value is -2.14. The van der Waals surface area contributed by atoms with E-state index in [9.17, 15) is 4.79 Å². The predicted octanol–water partition coefficient (Wildman–Crippen LogP) is 2.72. The van der Waals surface area contributed by atoms with E-state index in [0.717, 1.165) is 30.7 Å². The predicted molar refractivity (Wildman–Crippen MR) is 84.6 cm³/mol. The van der Waals surface area contributed by atoms with Crippen LogP contribution in [0.5, 0.6) is 0 Å². The van der Waals surface area contributed by atoms with Gasteiger partial charge in [-0.3, -0.25) is 9.89 Å². The molecule has 1 aromatic carbocycles. The Morgan fingerprint density at radius 2 is 2.23 bits per heavy atom. The molecular weight excluding hydrogens is 278 g/mol. The van der Waals surface area contributed by atoms with Crippen LogP contribution in [0, 0.1) is 0 Å². The lowest BCUT2D eigenvalue weighted by molar-refractivity contribution is 0.0540. The Bertz CT molecular complexity index is 618. The van der Waals surface area contributed by atoms with Gasteiger partial charge in [0.05, 0.1) is 23.6 Å². The van der Waals surface area contributed by atoms with Crippen LogP contribution < -0.4 is 0 Å². The lowest BCUT2D eigenvalue weighted by Gasteiger charge is -2.24. The highest BCUT2D eigenvalue weighted by molar-refractivity contribution is 5.99. The van der Waals surface area contributed by atoms with Crippen LogP contribution in [0.1, 0.15) is 30.1 Å². The van der Waals surface area contributed by atoms with Crippen LogP contribution in [-0.4, -0.2) is 46.8 Å². The maximum Gasteiger partial charge on any atom is 0.257 e. The number of hydrogen-bond donors (Lipinski definition) is 1. The van der Waals surface area contributed by atoms with Gasteiger partial charge in [0, 0.05) is 25.3 Å². The van der Waals surface area contributed by atoms with Gasteiger partial charge in [0.2, 0.25) is 0 Å². The first-order valence-electron chi connectivity index (χ1n) is 7.79. The Morgan fingerprint density at radius 1 is 1.41 bits per heavy atom. The van der Waals surface area contributed by atoms with Crippen LogP contribution >= 0.6 is 0 Å². The maximum atomic E-state index is 12.8. The summed E-state index contributed by atoms with van der Waals surface area (Å²) in [4.78, 5) is 14.7. The minimum absolute atomic E-state index is 0.00519. The topological polar surface area (TPSA) is 58.2 Å². The molecule has 0 spiro atoms. The Morgan fingerprint density at radius 3 is 2.91 bits per heavy atom. The highest BCUT2D eigenvalue weighted by Gasteiger charge is 2.25. The molecule has 22 heavy (non-hydrogen) atoms. The van der Waals surface area contributed by atoms with E-state index in [1.807, 2.05) is 42.2 Å². The number of amides is 1. The number of nitrogens with zero attached hydrogens (tertiary/aromatic N) is 2. The lowest BCUT2D eigenvalue weighted by atomic mass is 10.1. The number of aromatic nitrogens is 2. The average molecular weight is 299 g/mol. The molecule has 5 nitrogen and oxygen atoms in total. The summed E-state index contributed by atoms with van der Waals surface area (Å²) in [6, 6.07) is 9.81. The van der Waals surface area contributed by atoms with Crippen molar-refractivity contribution >= 4 is 5.91 Å². The molecule has 1 atom stereocenters. The minimum Gasteiger partial charge on any atom is -0.376 e. The fourth-order valence-corrected chi connectivity index (χ4v) is 2.83. The van der Waals surface area contributed by atoms with Crippen LogP contribution in [0.3, 0.4) is 0 Å². The molecule has 2 heterocycles. The quantitative estimate of drug-likeness (QED) is 0.923. The maximum absolute atomic E-state index is 12.8. The number of H-pyrrole nitrogens is 1. The van der Waals surface area contributed by atoms with Gasteiger partial charge < -0.3 is 9.64 Å². The summed E-state index contributed by atoms with van der Waals surface area (Å²) in [7, 11) is 0. The molecule has 0 aliphatic carbocycles. The van der Waals surface area contributed by atoms with Gasteiger partial charge in [0.25, 0.3) is 5.91 Å². The Kier molecular flexibility index (Phi) is 4.53.